The highest BCUT2D eigenvalue weighted by Gasteiger charge is 2.28. The number of carbonyl (C=O) groups excluding carboxylic acids is 1. The minimum Gasteiger partial charge on any atom is -0.339 e. The van der Waals surface area contributed by atoms with E-state index in [0.29, 0.717) is 16.1 Å². The summed E-state index contributed by atoms with van der Waals surface area (Å²) in [6.45, 7) is 8.18. The van der Waals surface area contributed by atoms with Gasteiger partial charge in [0.15, 0.2) is 0 Å². The van der Waals surface area contributed by atoms with Crippen LogP contribution >= 0.6 is 11.6 Å². The van der Waals surface area contributed by atoms with E-state index >= 15 is 0 Å². The van der Waals surface area contributed by atoms with Gasteiger partial charge in [-0.25, -0.2) is 4.98 Å². The monoisotopic (exact) mass is 280 g/mol. The number of aromatic nitrogens is 1. The van der Waals surface area contributed by atoms with E-state index in [9.17, 15) is 4.79 Å². The van der Waals surface area contributed by atoms with Crippen LogP contribution in [0.3, 0.4) is 0 Å². The quantitative estimate of drug-likeness (QED) is 0.776. The molecular formula is C15H21ClN2O. The summed E-state index contributed by atoms with van der Waals surface area (Å²) in [6, 6.07) is 3.52. The molecule has 1 amide bonds. The molecule has 1 saturated heterocycles. The van der Waals surface area contributed by atoms with E-state index in [0.717, 1.165) is 38.0 Å². The van der Waals surface area contributed by atoms with Crippen LogP contribution < -0.4 is 0 Å². The zero-order valence-electron chi connectivity index (χ0n) is 11.9. The largest absolute Gasteiger partial charge is 0.339 e. The number of pyridine rings is 1. The van der Waals surface area contributed by atoms with Crippen molar-refractivity contribution in [3.8, 4) is 0 Å². The van der Waals surface area contributed by atoms with Crippen molar-refractivity contribution in [2.24, 2.45) is 5.41 Å². The molecule has 4 heteroatoms. The Hall–Kier alpha value is -1.09. The van der Waals surface area contributed by atoms with Gasteiger partial charge in [-0.2, -0.15) is 0 Å². The number of piperidine rings is 1. The third kappa shape index (κ3) is 3.47. The molecule has 1 aliphatic heterocycles. The second-order valence-electron chi connectivity index (χ2n) is 5.98. The van der Waals surface area contributed by atoms with Gasteiger partial charge < -0.3 is 4.90 Å². The summed E-state index contributed by atoms with van der Waals surface area (Å²) in [4.78, 5) is 18.6. The predicted molar refractivity (Wildman–Crippen MR) is 77.5 cm³/mol. The summed E-state index contributed by atoms with van der Waals surface area (Å²) in [5, 5.41) is 0.403. The average molecular weight is 281 g/mol. The first kappa shape index (κ1) is 14.3. The lowest BCUT2D eigenvalue weighted by Gasteiger charge is -2.37. The molecule has 0 aromatic carbocycles. The number of aryl methyl sites for hydroxylation is 1. The van der Waals surface area contributed by atoms with Crippen molar-refractivity contribution in [1.29, 1.82) is 0 Å². The molecule has 0 atom stereocenters. The normalized spacial score (nSPS) is 18.4. The molecule has 0 aliphatic carbocycles. The Labute approximate surface area is 120 Å². The van der Waals surface area contributed by atoms with Crippen molar-refractivity contribution in [3.05, 3.63) is 28.5 Å². The highest BCUT2D eigenvalue weighted by atomic mass is 35.5. The molecule has 2 heterocycles. The number of amides is 1. The van der Waals surface area contributed by atoms with Crippen LogP contribution in [0.5, 0.6) is 0 Å². The van der Waals surface area contributed by atoms with Crippen molar-refractivity contribution in [3.63, 3.8) is 0 Å². The molecule has 1 aromatic heterocycles. The van der Waals surface area contributed by atoms with E-state index in [-0.39, 0.29) is 5.91 Å². The van der Waals surface area contributed by atoms with Crippen molar-refractivity contribution in [2.45, 2.75) is 40.0 Å². The van der Waals surface area contributed by atoms with Crippen LogP contribution in [0.1, 0.15) is 49.7 Å². The summed E-state index contributed by atoms with van der Waals surface area (Å²) in [6.07, 6.45) is 2.89. The van der Waals surface area contributed by atoms with Crippen LogP contribution in [0.25, 0.3) is 0 Å². The van der Waals surface area contributed by atoms with Crippen LogP contribution in [0.15, 0.2) is 12.1 Å². The molecule has 0 unspecified atom stereocenters. The van der Waals surface area contributed by atoms with Crippen molar-refractivity contribution >= 4 is 17.5 Å². The van der Waals surface area contributed by atoms with Crippen LogP contribution in [-0.4, -0.2) is 28.9 Å². The smallest absolute Gasteiger partial charge is 0.254 e. The van der Waals surface area contributed by atoms with Gasteiger partial charge in [-0.1, -0.05) is 32.4 Å². The Bertz CT molecular complexity index is 475. The minimum absolute atomic E-state index is 0.0782. The number of hydrogen-bond donors (Lipinski definition) is 0. The molecule has 0 bridgehead atoms. The van der Waals surface area contributed by atoms with E-state index in [1.165, 1.54) is 0 Å². The first-order valence-electron chi connectivity index (χ1n) is 6.87. The van der Waals surface area contributed by atoms with E-state index < -0.39 is 0 Å². The average Bonchev–Trinajstić information content (AvgIpc) is 2.37. The van der Waals surface area contributed by atoms with Gasteiger partial charge in [0, 0.05) is 24.3 Å². The predicted octanol–water partition coefficient (Wildman–Crippen LogP) is 3.56. The molecular weight excluding hydrogens is 260 g/mol. The van der Waals surface area contributed by atoms with Gasteiger partial charge in [0.25, 0.3) is 5.91 Å². The first-order chi connectivity index (χ1) is 8.91. The maximum Gasteiger partial charge on any atom is 0.254 e. The van der Waals surface area contributed by atoms with Gasteiger partial charge >= 0.3 is 0 Å². The van der Waals surface area contributed by atoms with Crippen molar-refractivity contribution < 1.29 is 4.79 Å². The summed E-state index contributed by atoms with van der Waals surface area (Å²) in [7, 11) is 0. The van der Waals surface area contributed by atoms with E-state index in [4.69, 9.17) is 11.6 Å². The third-order valence-corrected chi connectivity index (χ3v) is 4.05. The second-order valence-corrected chi connectivity index (χ2v) is 6.37. The molecule has 2 rings (SSSR count). The fourth-order valence-corrected chi connectivity index (χ4v) is 2.58. The van der Waals surface area contributed by atoms with Gasteiger partial charge in [-0.05, 0) is 36.8 Å². The molecule has 0 saturated carbocycles. The topological polar surface area (TPSA) is 33.2 Å². The lowest BCUT2D eigenvalue weighted by atomic mass is 9.82. The van der Waals surface area contributed by atoms with E-state index in [2.05, 4.69) is 18.8 Å². The van der Waals surface area contributed by atoms with Crippen LogP contribution in [0.4, 0.5) is 0 Å². The number of likely N-dealkylation sites (tertiary alicyclic amines) is 1. The molecule has 1 aliphatic rings. The SMILES string of the molecule is CCc1cc(C(=O)N2CCC(C)(C)CC2)cc(Cl)n1. The number of hydrogen-bond acceptors (Lipinski definition) is 2. The van der Waals surface area contributed by atoms with Gasteiger partial charge in [-0.15, -0.1) is 0 Å². The molecule has 3 nitrogen and oxygen atoms in total. The molecule has 19 heavy (non-hydrogen) atoms. The standard InChI is InChI=1S/C15H21ClN2O/c1-4-12-9-11(10-13(16)17-12)14(19)18-7-5-15(2,3)6-8-18/h9-10H,4-8H2,1-3H3. The van der Waals surface area contributed by atoms with Crippen LogP contribution in [-0.2, 0) is 6.42 Å². The van der Waals surface area contributed by atoms with Gasteiger partial charge in [0.05, 0.1) is 0 Å². The Kier molecular flexibility index (Phi) is 4.14. The van der Waals surface area contributed by atoms with E-state index in [1.54, 1.807) is 6.07 Å². The van der Waals surface area contributed by atoms with Gasteiger partial charge in [0.2, 0.25) is 0 Å². The van der Waals surface area contributed by atoms with Crippen LogP contribution in [0.2, 0.25) is 5.15 Å². The molecule has 104 valence electrons. The Morgan fingerprint density at radius 3 is 2.58 bits per heavy atom. The Morgan fingerprint density at radius 1 is 1.37 bits per heavy atom. The van der Waals surface area contributed by atoms with E-state index in [1.807, 2.05) is 17.9 Å². The fraction of sp³-hybridized carbons (Fsp3) is 0.600. The molecule has 1 aromatic rings. The third-order valence-electron chi connectivity index (χ3n) is 3.86. The highest BCUT2D eigenvalue weighted by molar-refractivity contribution is 6.29. The Morgan fingerprint density at radius 2 is 2.00 bits per heavy atom. The maximum absolute atomic E-state index is 12.5. The number of halogens is 1. The zero-order chi connectivity index (χ0) is 14.0. The van der Waals surface area contributed by atoms with Crippen molar-refractivity contribution in [2.75, 3.05) is 13.1 Å². The maximum atomic E-state index is 12.5. The number of carbonyl (C=O) groups is 1. The second kappa shape index (κ2) is 5.49. The molecule has 0 spiro atoms. The van der Waals surface area contributed by atoms with Gasteiger partial charge in [0.1, 0.15) is 5.15 Å². The first-order valence-corrected chi connectivity index (χ1v) is 7.25. The zero-order valence-corrected chi connectivity index (χ0v) is 12.6. The summed E-state index contributed by atoms with van der Waals surface area (Å²) < 4.78 is 0. The Balaban J connectivity index is 2.14. The number of nitrogens with zero attached hydrogens (tertiary/aromatic N) is 2. The summed E-state index contributed by atoms with van der Waals surface area (Å²) in [5.41, 5.74) is 1.88. The lowest BCUT2D eigenvalue weighted by molar-refractivity contribution is 0.0630. The fourth-order valence-electron chi connectivity index (χ4n) is 2.35. The molecule has 0 N–H and O–H groups in total. The highest BCUT2D eigenvalue weighted by Crippen LogP contribution is 2.30. The van der Waals surface area contributed by atoms with Crippen LogP contribution in [0, 0.1) is 5.41 Å². The van der Waals surface area contributed by atoms with Gasteiger partial charge in [-0.3, -0.25) is 4.79 Å². The molecule has 0 radical (unpaired) electrons. The summed E-state index contributed by atoms with van der Waals surface area (Å²) >= 11 is 5.98. The molecule has 1 fully saturated rings. The summed E-state index contributed by atoms with van der Waals surface area (Å²) in [5.74, 6) is 0.0782. The number of rotatable bonds is 2. The lowest BCUT2D eigenvalue weighted by Crippen LogP contribution is -2.41. The van der Waals surface area contributed by atoms with Crippen molar-refractivity contribution in [1.82, 2.24) is 9.88 Å². The minimum atomic E-state index is 0.0782.